The molecule has 0 aliphatic heterocycles. The van der Waals surface area contributed by atoms with E-state index in [-0.39, 0.29) is 10.7 Å². The van der Waals surface area contributed by atoms with Gasteiger partial charge in [-0.05, 0) is 76.6 Å². The molecule has 4 aromatic rings. The second-order valence-electron chi connectivity index (χ2n) is 8.14. The Morgan fingerprint density at radius 2 is 1.69 bits per heavy atom. The Hall–Kier alpha value is -4.05. The molecule has 1 N–H and O–H groups in total. The lowest BCUT2D eigenvalue weighted by atomic mass is 10.2. The lowest BCUT2D eigenvalue weighted by molar-refractivity contribution is 0.101. The van der Waals surface area contributed by atoms with Gasteiger partial charge >= 0.3 is 0 Å². The summed E-state index contributed by atoms with van der Waals surface area (Å²) in [6.07, 6.45) is 0. The quantitative estimate of drug-likeness (QED) is 0.373. The summed E-state index contributed by atoms with van der Waals surface area (Å²) in [4.78, 5) is 20.4. The van der Waals surface area contributed by atoms with Gasteiger partial charge in [-0.3, -0.25) is 9.52 Å². The summed E-state index contributed by atoms with van der Waals surface area (Å²) in [6, 6.07) is 14.0. The molecule has 2 aromatic carbocycles. The van der Waals surface area contributed by atoms with E-state index in [1.807, 2.05) is 20.8 Å². The third-order valence-electron chi connectivity index (χ3n) is 5.55. The highest BCUT2D eigenvalue weighted by Crippen LogP contribution is 2.25. The number of ether oxygens (including phenoxy) is 1. The topological polar surface area (TPSA) is 116 Å². The van der Waals surface area contributed by atoms with Gasteiger partial charge in [0.25, 0.3) is 10.0 Å². The molecule has 0 aliphatic carbocycles. The molecule has 10 heteroatoms. The lowest BCUT2D eigenvalue weighted by Gasteiger charge is -2.11. The molecule has 0 spiro atoms. The fourth-order valence-electron chi connectivity index (χ4n) is 3.44. The zero-order chi connectivity index (χ0) is 25.3. The van der Waals surface area contributed by atoms with E-state index < -0.39 is 10.0 Å². The molecule has 2 aromatic heterocycles. The number of ketones is 1. The summed E-state index contributed by atoms with van der Waals surface area (Å²) < 4.78 is 35.6. The van der Waals surface area contributed by atoms with Crippen molar-refractivity contribution in [1.29, 1.82) is 0 Å². The SMILES string of the molecule is CC(=O)c1cccc(S(=O)(=O)Nc2ccc(Oc3cc(-n4nc(C)c(C)c4C)nc(C)n3)cc2)c1. The Morgan fingerprint density at radius 3 is 2.31 bits per heavy atom. The minimum Gasteiger partial charge on any atom is -0.439 e. The number of carbonyl (C=O) groups excluding carboxylic acids is 1. The summed E-state index contributed by atoms with van der Waals surface area (Å²) in [5.74, 6) is 1.73. The number of Topliss-reactive ketones (excluding diaryl/α,β-unsaturated/α-hetero) is 1. The molecule has 0 bridgehead atoms. The zero-order valence-electron chi connectivity index (χ0n) is 20.0. The van der Waals surface area contributed by atoms with Crippen molar-refractivity contribution in [2.24, 2.45) is 0 Å². The van der Waals surface area contributed by atoms with E-state index in [0.717, 1.165) is 17.0 Å². The van der Waals surface area contributed by atoms with Crippen LogP contribution in [0.3, 0.4) is 0 Å². The monoisotopic (exact) mass is 491 g/mol. The number of hydrogen-bond acceptors (Lipinski definition) is 7. The van der Waals surface area contributed by atoms with Gasteiger partial charge in [0.1, 0.15) is 11.6 Å². The number of benzene rings is 2. The van der Waals surface area contributed by atoms with Crippen LogP contribution in [0.5, 0.6) is 11.6 Å². The summed E-state index contributed by atoms with van der Waals surface area (Å²) in [7, 11) is -3.86. The first kappa shape index (κ1) is 24.1. The number of sulfonamides is 1. The van der Waals surface area contributed by atoms with Crippen molar-refractivity contribution in [3.63, 3.8) is 0 Å². The van der Waals surface area contributed by atoms with Crippen molar-refractivity contribution in [3.8, 4) is 17.4 Å². The van der Waals surface area contributed by atoms with Crippen LogP contribution >= 0.6 is 0 Å². The van der Waals surface area contributed by atoms with Crippen molar-refractivity contribution in [1.82, 2.24) is 19.7 Å². The van der Waals surface area contributed by atoms with Gasteiger partial charge in [-0.1, -0.05) is 12.1 Å². The molecule has 2 heterocycles. The zero-order valence-corrected chi connectivity index (χ0v) is 20.8. The lowest BCUT2D eigenvalue weighted by Crippen LogP contribution is -2.13. The summed E-state index contributed by atoms with van der Waals surface area (Å²) >= 11 is 0. The summed E-state index contributed by atoms with van der Waals surface area (Å²) in [5, 5.41) is 4.54. The minimum atomic E-state index is -3.86. The Morgan fingerprint density at radius 1 is 0.971 bits per heavy atom. The maximum atomic E-state index is 12.7. The van der Waals surface area contributed by atoms with Crippen LogP contribution in [0.2, 0.25) is 0 Å². The predicted octanol–water partition coefficient (Wildman–Crippen LogP) is 4.69. The van der Waals surface area contributed by atoms with Crippen LogP contribution in [0, 0.1) is 27.7 Å². The van der Waals surface area contributed by atoms with E-state index in [4.69, 9.17) is 4.74 Å². The molecule has 4 rings (SSSR count). The molecule has 0 saturated carbocycles. The number of nitrogens with one attached hydrogen (secondary N) is 1. The molecule has 35 heavy (non-hydrogen) atoms. The van der Waals surface area contributed by atoms with Crippen molar-refractivity contribution in [2.45, 2.75) is 39.5 Å². The molecule has 180 valence electrons. The van der Waals surface area contributed by atoms with Crippen LogP contribution in [0.4, 0.5) is 5.69 Å². The van der Waals surface area contributed by atoms with Crippen LogP contribution in [0.25, 0.3) is 5.82 Å². The third-order valence-corrected chi connectivity index (χ3v) is 6.93. The Bertz CT molecular complexity index is 1530. The summed E-state index contributed by atoms with van der Waals surface area (Å²) in [6.45, 7) is 9.09. The number of aryl methyl sites for hydroxylation is 2. The second kappa shape index (κ2) is 9.30. The van der Waals surface area contributed by atoms with Gasteiger partial charge < -0.3 is 4.74 Å². The highest BCUT2D eigenvalue weighted by molar-refractivity contribution is 7.92. The van der Waals surface area contributed by atoms with Gasteiger partial charge in [-0.15, -0.1) is 0 Å². The number of hydrogen-bond donors (Lipinski definition) is 1. The summed E-state index contributed by atoms with van der Waals surface area (Å²) in [5.41, 5.74) is 3.68. The van der Waals surface area contributed by atoms with Gasteiger partial charge in [0, 0.05) is 23.0 Å². The van der Waals surface area contributed by atoms with Crippen molar-refractivity contribution in [2.75, 3.05) is 4.72 Å². The van der Waals surface area contributed by atoms with Crippen LogP contribution in [-0.2, 0) is 10.0 Å². The normalized spacial score (nSPS) is 11.3. The average Bonchev–Trinajstić information content (AvgIpc) is 3.07. The average molecular weight is 492 g/mol. The maximum Gasteiger partial charge on any atom is 0.261 e. The Labute approximate surface area is 203 Å². The van der Waals surface area contributed by atoms with E-state index in [1.165, 1.54) is 25.1 Å². The van der Waals surface area contributed by atoms with Gasteiger partial charge in [0.2, 0.25) is 5.88 Å². The van der Waals surface area contributed by atoms with Crippen LogP contribution in [0.15, 0.2) is 59.5 Å². The standard InChI is InChI=1S/C25H25N5O4S/c1-15-16(2)28-30(17(15)3)24-14-25(27-19(5)26-24)34-22-11-9-21(10-12-22)29-35(32,33)23-8-6-7-20(13-23)18(4)31/h6-14,29H,1-5H3. The molecule has 0 radical (unpaired) electrons. The van der Waals surface area contributed by atoms with E-state index in [9.17, 15) is 13.2 Å². The number of anilines is 1. The molecule has 0 unspecified atom stereocenters. The van der Waals surface area contributed by atoms with E-state index in [2.05, 4.69) is 19.8 Å². The molecule has 0 amide bonds. The minimum absolute atomic E-state index is 0.00825. The number of aromatic nitrogens is 4. The van der Waals surface area contributed by atoms with Gasteiger partial charge in [-0.2, -0.15) is 10.1 Å². The van der Waals surface area contributed by atoms with Crippen molar-refractivity contribution in [3.05, 3.63) is 82.9 Å². The Kier molecular flexibility index (Phi) is 6.40. The molecule has 9 nitrogen and oxygen atoms in total. The molecular weight excluding hydrogens is 466 g/mol. The fourth-order valence-corrected chi connectivity index (χ4v) is 4.54. The van der Waals surface area contributed by atoms with E-state index in [0.29, 0.717) is 34.5 Å². The highest BCUT2D eigenvalue weighted by Gasteiger charge is 2.16. The predicted molar refractivity (Wildman–Crippen MR) is 132 cm³/mol. The number of rotatable bonds is 7. The number of nitrogens with zero attached hydrogens (tertiary/aromatic N) is 4. The van der Waals surface area contributed by atoms with Crippen LogP contribution in [0.1, 0.15) is 40.1 Å². The first-order valence-corrected chi connectivity index (χ1v) is 12.3. The molecule has 0 fully saturated rings. The maximum absolute atomic E-state index is 12.7. The Balaban J connectivity index is 1.53. The number of carbonyl (C=O) groups is 1. The van der Waals surface area contributed by atoms with E-state index >= 15 is 0 Å². The smallest absolute Gasteiger partial charge is 0.261 e. The van der Waals surface area contributed by atoms with Crippen molar-refractivity contribution < 1.29 is 17.9 Å². The molecule has 0 atom stereocenters. The molecule has 0 aliphatic rings. The van der Waals surface area contributed by atoms with Crippen molar-refractivity contribution >= 4 is 21.5 Å². The molecular formula is C25H25N5O4S. The van der Waals surface area contributed by atoms with Gasteiger partial charge in [0.05, 0.1) is 10.6 Å². The fraction of sp³-hybridized carbons (Fsp3) is 0.200. The molecule has 0 saturated heterocycles. The second-order valence-corrected chi connectivity index (χ2v) is 9.82. The van der Waals surface area contributed by atoms with Gasteiger partial charge in [0.15, 0.2) is 11.6 Å². The first-order valence-electron chi connectivity index (χ1n) is 10.8. The van der Waals surface area contributed by atoms with Gasteiger partial charge in [-0.25, -0.2) is 18.1 Å². The van der Waals surface area contributed by atoms with Crippen LogP contribution < -0.4 is 9.46 Å². The van der Waals surface area contributed by atoms with Crippen LogP contribution in [-0.4, -0.2) is 33.9 Å². The largest absolute Gasteiger partial charge is 0.439 e. The first-order chi connectivity index (χ1) is 16.5. The van der Waals surface area contributed by atoms with E-state index in [1.54, 1.807) is 48.0 Å². The highest BCUT2D eigenvalue weighted by atomic mass is 32.2. The third kappa shape index (κ3) is 5.22.